The third-order valence-corrected chi connectivity index (χ3v) is 7.14. The summed E-state index contributed by atoms with van der Waals surface area (Å²) in [5, 5.41) is 2.77. The Morgan fingerprint density at radius 2 is 2.03 bits per heavy atom. The third kappa shape index (κ3) is 6.54. The van der Waals surface area contributed by atoms with Crippen molar-refractivity contribution in [3.8, 4) is 5.75 Å². The summed E-state index contributed by atoms with van der Waals surface area (Å²) in [6, 6.07) is 7.52. The highest BCUT2D eigenvalue weighted by atomic mass is 31.2. The second-order valence-corrected chi connectivity index (χ2v) is 11.0. The summed E-state index contributed by atoms with van der Waals surface area (Å²) in [4.78, 5) is 24.7. The molecule has 3 heterocycles. The van der Waals surface area contributed by atoms with Gasteiger partial charge < -0.3 is 24.5 Å². The summed E-state index contributed by atoms with van der Waals surface area (Å²) in [6.45, 7) is 5.79. The molecule has 1 aliphatic rings. The zero-order valence-electron chi connectivity index (χ0n) is 21.2. The number of carbonyl (C=O) groups excluding carboxylic acids is 1. The molecule has 2 unspecified atom stereocenters. The van der Waals surface area contributed by atoms with Crippen LogP contribution in [0.3, 0.4) is 0 Å². The highest BCUT2D eigenvalue weighted by molar-refractivity contribution is 7.57. The van der Waals surface area contributed by atoms with Crippen LogP contribution in [0.5, 0.6) is 5.75 Å². The van der Waals surface area contributed by atoms with Gasteiger partial charge in [-0.15, -0.1) is 0 Å². The maximum Gasteiger partial charge on any atom is 0.342 e. The molecular weight excluding hydrogens is 518 g/mol. The van der Waals surface area contributed by atoms with Gasteiger partial charge in [-0.25, -0.2) is 24.4 Å². The van der Waals surface area contributed by atoms with E-state index in [0.717, 1.165) is 6.08 Å². The van der Waals surface area contributed by atoms with Gasteiger partial charge in [0, 0.05) is 6.08 Å². The first-order valence-corrected chi connectivity index (χ1v) is 13.9. The van der Waals surface area contributed by atoms with Gasteiger partial charge in [-0.05, 0) is 24.5 Å². The first-order chi connectivity index (χ1) is 18.2. The van der Waals surface area contributed by atoms with Crippen molar-refractivity contribution in [1.29, 1.82) is 0 Å². The van der Waals surface area contributed by atoms with E-state index in [1.807, 2.05) is 13.8 Å². The summed E-state index contributed by atoms with van der Waals surface area (Å²) in [7, 11) is -3.87. The SMILES string of the molecule is CCC(NP(=O)(CO[C@@H]1C=C(F)[C@H](n2cnc3c(N)ncnc32)O1)Oc1ccccc1)C(=O)OCC(C)C. The number of nitrogen functional groups attached to an aromatic ring is 1. The highest BCUT2D eigenvalue weighted by Crippen LogP contribution is 2.45. The van der Waals surface area contributed by atoms with Crippen molar-refractivity contribution in [2.45, 2.75) is 45.8 Å². The highest BCUT2D eigenvalue weighted by Gasteiger charge is 2.36. The number of esters is 1. The number of hydrogen-bond acceptors (Lipinski definition) is 10. The first-order valence-electron chi connectivity index (χ1n) is 12.0. The number of nitrogens with one attached hydrogen (secondary N) is 1. The molecule has 0 radical (unpaired) electrons. The van der Waals surface area contributed by atoms with E-state index >= 15 is 0 Å². The number of benzene rings is 1. The van der Waals surface area contributed by atoms with Gasteiger partial charge >= 0.3 is 13.5 Å². The number of rotatable bonds is 12. The van der Waals surface area contributed by atoms with Crippen molar-refractivity contribution >= 4 is 30.5 Å². The predicted octanol–water partition coefficient (Wildman–Crippen LogP) is 3.93. The van der Waals surface area contributed by atoms with E-state index in [2.05, 4.69) is 20.0 Å². The Morgan fingerprint density at radius 3 is 2.74 bits per heavy atom. The first kappa shape index (κ1) is 27.6. The lowest BCUT2D eigenvalue weighted by Gasteiger charge is -2.26. The van der Waals surface area contributed by atoms with Crippen molar-refractivity contribution in [2.75, 3.05) is 18.7 Å². The molecule has 4 atom stereocenters. The number of imidazole rings is 1. The number of halogens is 1. The molecule has 3 N–H and O–H groups in total. The Labute approximate surface area is 218 Å². The summed E-state index contributed by atoms with van der Waals surface area (Å²) < 4.78 is 52.5. The van der Waals surface area contributed by atoms with Gasteiger partial charge in [-0.1, -0.05) is 39.0 Å². The molecule has 0 spiro atoms. The van der Waals surface area contributed by atoms with E-state index in [0.29, 0.717) is 11.3 Å². The molecule has 14 heteroatoms. The molecular formula is C24H30FN6O6P. The maximum absolute atomic E-state index is 14.9. The van der Waals surface area contributed by atoms with Gasteiger partial charge in [0.1, 0.15) is 23.6 Å². The maximum atomic E-state index is 14.9. The van der Waals surface area contributed by atoms with Crippen molar-refractivity contribution in [3.05, 3.63) is 54.9 Å². The minimum absolute atomic E-state index is 0.136. The molecule has 0 fully saturated rings. The average molecular weight is 549 g/mol. The molecule has 38 heavy (non-hydrogen) atoms. The molecule has 3 aromatic rings. The average Bonchev–Trinajstić information content (AvgIpc) is 3.49. The summed E-state index contributed by atoms with van der Waals surface area (Å²) >= 11 is 0. The Morgan fingerprint density at radius 1 is 1.26 bits per heavy atom. The summed E-state index contributed by atoms with van der Waals surface area (Å²) in [5.41, 5.74) is 6.38. The Balaban J connectivity index is 1.48. The van der Waals surface area contributed by atoms with Crippen LogP contribution >= 0.6 is 7.52 Å². The number of carbonyl (C=O) groups is 1. The molecule has 12 nitrogen and oxygen atoms in total. The van der Waals surface area contributed by atoms with Gasteiger partial charge in [0.05, 0.1) is 12.9 Å². The molecule has 0 aliphatic carbocycles. The number of para-hydroxylation sites is 1. The van der Waals surface area contributed by atoms with E-state index < -0.39 is 44.2 Å². The molecule has 0 saturated carbocycles. The molecule has 0 bridgehead atoms. The topological polar surface area (TPSA) is 153 Å². The van der Waals surface area contributed by atoms with Crippen LogP contribution in [0, 0.1) is 5.92 Å². The van der Waals surface area contributed by atoms with Crippen LogP contribution in [0.15, 0.2) is 54.9 Å². The predicted molar refractivity (Wildman–Crippen MR) is 136 cm³/mol. The zero-order chi connectivity index (χ0) is 27.3. The fourth-order valence-electron chi connectivity index (χ4n) is 3.58. The van der Waals surface area contributed by atoms with Crippen LogP contribution in [-0.4, -0.2) is 50.8 Å². The number of aromatic nitrogens is 4. The molecule has 1 aliphatic heterocycles. The number of nitrogens with two attached hydrogens (primary N) is 1. The zero-order valence-corrected chi connectivity index (χ0v) is 22.1. The van der Waals surface area contributed by atoms with E-state index in [4.69, 9.17) is 24.5 Å². The summed E-state index contributed by atoms with van der Waals surface area (Å²) in [5.74, 6) is -0.647. The number of nitrogens with zero attached hydrogens (tertiary/aromatic N) is 4. The standard InChI is InChI=1S/C24H30FN6O6P/c1-4-18(24(32)34-11-15(2)3)30-38(33,37-16-8-6-5-7-9-16)14-35-19-10-17(25)23(36-19)31-13-29-20-21(26)27-12-28-22(20)31/h5-10,12-13,15,18-19,23H,4,11,14H2,1-3H3,(H,30,33)(H2,26,27,28)/t18?,19-,23+,38?/m0/s1. The van der Waals surface area contributed by atoms with Crippen molar-refractivity contribution in [3.63, 3.8) is 0 Å². The molecule has 4 rings (SSSR count). The molecule has 0 saturated heterocycles. The van der Waals surface area contributed by atoms with Gasteiger partial charge in [-0.2, -0.15) is 0 Å². The number of fused-ring (bicyclic) bond motifs is 1. The van der Waals surface area contributed by atoms with E-state index in [9.17, 15) is 13.8 Å². The van der Waals surface area contributed by atoms with Crippen LogP contribution in [0.4, 0.5) is 10.2 Å². The van der Waals surface area contributed by atoms with Crippen LogP contribution < -0.4 is 15.3 Å². The van der Waals surface area contributed by atoms with Crippen LogP contribution in [0.1, 0.15) is 33.4 Å². The number of hydrogen-bond donors (Lipinski definition) is 2. The minimum Gasteiger partial charge on any atom is -0.464 e. The number of ether oxygens (including phenoxy) is 3. The Hall–Kier alpha value is -3.38. The van der Waals surface area contributed by atoms with Gasteiger partial charge in [-0.3, -0.25) is 13.9 Å². The van der Waals surface area contributed by atoms with E-state index in [1.165, 1.54) is 17.2 Å². The lowest BCUT2D eigenvalue weighted by molar-refractivity contribution is -0.146. The Bertz CT molecular complexity index is 1340. The lowest BCUT2D eigenvalue weighted by atomic mass is 10.2. The van der Waals surface area contributed by atoms with Crippen LogP contribution in [-0.2, 0) is 23.6 Å². The van der Waals surface area contributed by atoms with Crippen molar-refractivity contribution in [2.24, 2.45) is 5.92 Å². The summed E-state index contributed by atoms with van der Waals surface area (Å²) in [6.07, 6.45) is 0.984. The van der Waals surface area contributed by atoms with Gasteiger partial charge in [0.2, 0.25) is 0 Å². The normalized spacial score (nSPS) is 19.8. The van der Waals surface area contributed by atoms with Gasteiger partial charge in [0.15, 0.2) is 36.2 Å². The molecule has 0 amide bonds. The second kappa shape index (κ2) is 12.0. The third-order valence-electron chi connectivity index (χ3n) is 5.44. The van der Waals surface area contributed by atoms with Crippen LogP contribution in [0.2, 0.25) is 0 Å². The largest absolute Gasteiger partial charge is 0.464 e. The van der Waals surface area contributed by atoms with E-state index in [1.54, 1.807) is 37.3 Å². The minimum atomic E-state index is -3.87. The van der Waals surface area contributed by atoms with Crippen molar-refractivity contribution < 1.29 is 32.5 Å². The second-order valence-electron chi connectivity index (χ2n) is 8.98. The fraction of sp³-hybridized carbons (Fsp3) is 0.417. The van der Waals surface area contributed by atoms with Crippen LogP contribution in [0.25, 0.3) is 11.2 Å². The van der Waals surface area contributed by atoms with E-state index in [-0.39, 0.29) is 30.4 Å². The Kier molecular flexibility index (Phi) is 8.72. The molecule has 204 valence electrons. The monoisotopic (exact) mass is 548 g/mol. The lowest BCUT2D eigenvalue weighted by Crippen LogP contribution is -2.38. The molecule has 1 aromatic carbocycles. The van der Waals surface area contributed by atoms with Gasteiger partial charge in [0.25, 0.3) is 0 Å². The van der Waals surface area contributed by atoms with Crippen molar-refractivity contribution in [1.82, 2.24) is 24.6 Å². The smallest absolute Gasteiger partial charge is 0.342 e. The number of anilines is 1. The fourth-order valence-corrected chi connectivity index (χ4v) is 5.33. The molecule has 2 aromatic heterocycles. The quantitative estimate of drug-likeness (QED) is 0.250.